The van der Waals surface area contributed by atoms with Crippen molar-refractivity contribution in [3.63, 3.8) is 0 Å². The maximum absolute atomic E-state index is 12.8. The highest BCUT2D eigenvalue weighted by molar-refractivity contribution is 9.10. The largest absolute Gasteiger partial charge is 0.349 e. The van der Waals surface area contributed by atoms with Crippen LogP contribution in [0.15, 0.2) is 28.9 Å². The zero-order valence-electron chi connectivity index (χ0n) is 14.0. The van der Waals surface area contributed by atoms with Crippen LogP contribution in [0.1, 0.15) is 25.0 Å². The van der Waals surface area contributed by atoms with Crippen LogP contribution in [0.2, 0.25) is 0 Å². The lowest BCUT2D eigenvalue weighted by atomic mass is 9.80. The Morgan fingerprint density at radius 3 is 2.88 bits per heavy atom. The molecule has 1 aromatic carbocycles. The number of hydrogen-bond donors (Lipinski definition) is 2. The van der Waals surface area contributed by atoms with E-state index in [2.05, 4.69) is 50.5 Å². The highest BCUT2D eigenvalue weighted by Crippen LogP contribution is 2.41. The van der Waals surface area contributed by atoms with Gasteiger partial charge in [-0.15, -0.1) is 0 Å². The molecule has 4 rings (SSSR count). The standard InChI is InChI=1S/C19H22BrN3O/c1-3-23(4-2)19(24)11-8-13-12-6-5-7-15-17(12)14(18(20)22-15)9-16(13)21-10-11/h5-8,11,16,21-22H,3-4,9-10H2,1-2H3/t11?,16-/m1/s1. The van der Waals surface area contributed by atoms with Crippen LogP contribution in [0.25, 0.3) is 16.5 Å². The van der Waals surface area contributed by atoms with E-state index in [1.807, 2.05) is 18.7 Å². The van der Waals surface area contributed by atoms with Crippen LogP contribution in [0.4, 0.5) is 0 Å². The Bertz CT molecular complexity index is 834. The van der Waals surface area contributed by atoms with Gasteiger partial charge in [0.25, 0.3) is 0 Å². The number of hydrogen-bond acceptors (Lipinski definition) is 2. The zero-order chi connectivity index (χ0) is 16.8. The molecule has 0 saturated heterocycles. The molecule has 0 saturated carbocycles. The number of nitrogens with zero attached hydrogens (tertiary/aromatic N) is 1. The van der Waals surface area contributed by atoms with Crippen molar-refractivity contribution in [3.05, 3.63) is 40.0 Å². The molecule has 0 spiro atoms. The zero-order valence-corrected chi connectivity index (χ0v) is 15.6. The smallest absolute Gasteiger partial charge is 0.230 e. The first-order valence-electron chi connectivity index (χ1n) is 8.67. The molecule has 1 amide bonds. The predicted octanol–water partition coefficient (Wildman–Crippen LogP) is 3.33. The van der Waals surface area contributed by atoms with Crippen molar-refractivity contribution >= 4 is 38.3 Å². The number of aromatic amines is 1. The van der Waals surface area contributed by atoms with Gasteiger partial charge < -0.3 is 15.2 Å². The molecule has 1 aliphatic heterocycles. The number of amides is 1. The van der Waals surface area contributed by atoms with Crippen molar-refractivity contribution < 1.29 is 4.79 Å². The van der Waals surface area contributed by atoms with E-state index in [1.165, 1.54) is 22.1 Å². The molecule has 4 nitrogen and oxygen atoms in total. The summed E-state index contributed by atoms with van der Waals surface area (Å²) in [5.74, 6) is 0.155. The highest BCUT2D eigenvalue weighted by Gasteiger charge is 2.34. The first-order chi connectivity index (χ1) is 11.6. The van der Waals surface area contributed by atoms with Crippen LogP contribution in [-0.2, 0) is 11.2 Å². The van der Waals surface area contributed by atoms with Gasteiger partial charge in [-0.05, 0) is 59.0 Å². The van der Waals surface area contributed by atoms with Crippen LogP contribution < -0.4 is 5.32 Å². The van der Waals surface area contributed by atoms with E-state index in [-0.39, 0.29) is 17.9 Å². The Morgan fingerprint density at radius 2 is 2.12 bits per heavy atom. The molecule has 1 aromatic heterocycles. The van der Waals surface area contributed by atoms with E-state index in [9.17, 15) is 4.79 Å². The van der Waals surface area contributed by atoms with E-state index < -0.39 is 0 Å². The number of aromatic nitrogens is 1. The number of fused-ring (bicyclic) bond motifs is 2. The molecule has 24 heavy (non-hydrogen) atoms. The van der Waals surface area contributed by atoms with Crippen molar-refractivity contribution in [1.29, 1.82) is 0 Å². The van der Waals surface area contributed by atoms with Gasteiger partial charge in [0.05, 0.1) is 10.5 Å². The quantitative estimate of drug-likeness (QED) is 0.848. The number of H-pyrrole nitrogens is 1. The van der Waals surface area contributed by atoms with Crippen LogP contribution >= 0.6 is 15.9 Å². The third-order valence-corrected chi connectivity index (χ3v) is 6.00. The SMILES string of the molecule is CCN(CC)C(=O)C1C=C2c3cccc4[nH]c(Br)c(c34)C[C@H]2NC1. The van der Waals surface area contributed by atoms with Crippen LogP contribution in [-0.4, -0.2) is 41.5 Å². The Hall–Kier alpha value is -1.59. The summed E-state index contributed by atoms with van der Waals surface area (Å²) >= 11 is 3.66. The molecule has 2 N–H and O–H groups in total. The maximum Gasteiger partial charge on any atom is 0.230 e. The van der Waals surface area contributed by atoms with Gasteiger partial charge in [0, 0.05) is 36.6 Å². The number of halogens is 1. The number of carbonyl (C=O) groups is 1. The average molecular weight is 388 g/mol. The van der Waals surface area contributed by atoms with E-state index >= 15 is 0 Å². The van der Waals surface area contributed by atoms with Gasteiger partial charge in [-0.2, -0.15) is 0 Å². The molecule has 0 bridgehead atoms. The average Bonchev–Trinajstić information content (AvgIpc) is 2.93. The maximum atomic E-state index is 12.8. The van der Waals surface area contributed by atoms with Gasteiger partial charge in [-0.3, -0.25) is 4.79 Å². The van der Waals surface area contributed by atoms with Gasteiger partial charge in [-0.1, -0.05) is 18.2 Å². The summed E-state index contributed by atoms with van der Waals surface area (Å²) in [5, 5.41) is 4.90. The van der Waals surface area contributed by atoms with Crippen LogP contribution in [0.3, 0.4) is 0 Å². The Labute approximate surface area is 150 Å². The van der Waals surface area contributed by atoms with Crippen molar-refractivity contribution in [2.24, 2.45) is 5.92 Å². The summed E-state index contributed by atoms with van der Waals surface area (Å²) in [7, 11) is 0. The van der Waals surface area contributed by atoms with E-state index in [4.69, 9.17) is 0 Å². The lowest BCUT2D eigenvalue weighted by Gasteiger charge is -2.35. The monoisotopic (exact) mass is 387 g/mol. The first-order valence-corrected chi connectivity index (χ1v) is 9.46. The van der Waals surface area contributed by atoms with Gasteiger partial charge in [-0.25, -0.2) is 0 Å². The predicted molar refractivity (Wildman–Crippen MR) is 101 cm³/mol. The summed E-state index contributed by atoms with van der Waals surface area (Å²) in [6.45, 7) is 6.33. The van der Waals surface area contributed by atoms with Gasteiger partial charge in [0.2, 0.25) is 5.91 Å². The Balaban J connectivity index is 1.79. The topological polar surface area (TPSA) is 48.1 Å². The van der Waals surface area contributed by atoms with Crippen molar-refractivity contribution in [3.8, 4) is 0 Å². The molecule has 2 aliphatic rings. The third-order valence-electron chi connectivity index (χ3n) is 5.33. The van der Waals surface area contributed by atoms with Crippen molar-refractivity contribution in [1.82, 2.24) is 15.2 Å². The second kappa shape index (κ2) is 6.05. The van der Waals surface area contributed by atoms with E-state index in [0.717, 1.165) is 36.2 Å². The number of benzene rings is 1. The molecule has 0 radical (unpaired) electrons. The van der Waals surface area contributed by atoms with Gasteiger partial charge in [0.1, 0.15) is 0 Å². The molecule has 126 valence electrons. The summed E-state index contributed by atoms with van der Waals surface area (Å²) in [4.78, 5) is 18.1. The van der Waals surface area contributed by atoms with Crippen LogP contribution in [0.5, 0.6) is 0 Å². The minimum Gasteiger partial charge on any atom is -0.349 e. The summed E-state index contributed by atoms with van der Waals surface area (Å²) < 4.78 is 1.08. The fourth-order valence-corrected chi connectivity index (χ4v) is 4.65. The summed E-state index contributed by atoms with van der Waals surface area (Å²) in [6, 6.07) is 6.67. The third kappa shape index (κ3) is 2.33. The number of rotatable bonds is 3. The molecule has 0 fully saturated rings. The molecule has 1 unspecified atom stereocenters. The molecule has 2 heterocycles. The van der Waals surface area contributed by atoms with Gasteiger partial charge in [0.15, 0.2) is 0 Å². The number of carbonyl (C=O) groups excluding carboxylic acids is 1. The van der Waals surface area contributed by atoms with E-state index in [1.54, 1.807) is 0 Å². The van der Waals surface area contributed by atoms with Crippen molar-refractivity contribution in [2.45, 2.75) is 26.3 Å². The molecular formula is C19H22BrN3O. The second-order valence-electron chi connectivity index (χ2n) is 6.55. The summed E-state index contributed by atoms with van der Waals surface area (Å²) in [5.41, 5.74) is 5.02. The second-order valence-corrected chi connectivity index (χ2v) is 7.34. The van der Waals surface area contributed by atoms with Crippen molar-refractivity contribution in [2.75, 3.05) is 19.6 Å². The number of nitrogens with one attached hydrogen (secondary N) is 2. The first kappa shape index (κ1) is 15.9. The van der Waals surface area contributed by atoms with Gasteiger partial charge >= 0.3 is 0 Å². The normalized spacial score (nSPS) is 22.2. The fraction of sp³-hybridized carbons (Fsp3) is 0.421. The van der Waals surface area contributed by atoms with Crippen LogP contribution in [0, 0.1) is 5.92 Å². The fourth-order valence-electron chi connectivity index (χ4n) is 4.08. The molecular weight excluding hydrogens is 366 g/mol. The Kier molecular flexibility index (Phi) is 4.01. The molecule has 2 aromatic rings. The minimum atomic E-state index is -0.0738. The van der Waals surface area contributed by atoms with E-state index in [0.29, 0.717) is 0 Å². The molecule has 2 atom stereocenters. The Morgan fingerprint density at radius 1 is 1.33 bits per heavy atom. The lowest BCUT2D eigenvalue weighted by molar-refractivity contribution is -0.133. The summed E-state index contributed by atoms with van der Waals surface area (Å²) in [6.07, 6.45) is 3.16. The lowest BCUT2D eigenvalue weighted by Crippen LogP contribution is -2.46. The minimum absolute atomic E-state index is 0.0738. The molecule has 1 aliphatic carbocycles. The highest BCUT2D eigenvalue weighted by atomic mass is 79.9. The molecule has 5 heteroatoms.